The van der Waals surface area contributed by atoms with Crippen LogP contribution in [0, 0.1) is 18.7 Å². The van der Waals surface area contributed by atoms with E-state index in [-0.39, 0.29) is 16.9 Å². The number of benzene rings is 2. The van der Waals surface area contributed by atoms with Gasteiger partial charge in [-0.1, -0.05) is 51.1 Å². The molecule has 3 aromatic rings. The molecule has 2 atom stereocenters. The quantitative estimate of drug-likeness (QED) is 0.443. The van der Waals surface area contributed by atoms with E-state index in [0.29, 0.717) is 24.9 Å². The standard InChI is InChI=1S/C31H37FN4O2/c1-20-10-7-14-25(32)27(20)30(38)36-17-9-13-24(28(36)21-15-16-26(33-19-21)35(5)6)29(37)34-23-12-8-11-22(18-23)31(2,3)4/h7-8,10-12,14-16,18-19,24,28H,9,13,17H2,1-6H3,(H,34,37)/t24?,28-/m0/s1. The molecule has 1 saturated heterocycles. The summed E-state index contributed by atoms with van der Waals surface area (Å²) >= 11 is 0. The highest BCUT2D eigenvalue weighted by molar-refractivity contribution is 5.98. The van der Waals surface area contributed by atoms with Gasteiger partial charge in [-0.25, -0.2) is 9.37 Å². The molecule has 0 bridgehead atoms. The molecule has 38 heavy (non-hydrogen) atoms. The number of carbonyl (C=O) groups is 2. The number of nitrogens with one attached hydrogen (secondary N) is 1. The van der Waals surface area contributed by atoms with Crippen molar-refractivity contribution < 1.29 is 14.0 Å². The van der Waals surface area contributed by atoms with Crippen molar-refractivity contribution in [2.75, 3.05) is 30.9 Å². The Hall–Kier alpha value is -3.74. The fraction of sp³-hybridized carbons (Fsp3) is 0.387. The van der Waals surface area contributed by atoms with E-state index >= 15 is 0 Å². The van der Waals surface area contributed by atoms with Gasteiger partial charge in [-0.3, -0.25) is 9.59 Å². The van der Waals surface area contributed by atoms with Crippen LogP contribution in [0.5, 0.6) is 0 Å². The summed E-state index contributed by atoms with van der Waals surface area (Å²) in [5.74, 6) is -0.882. The van der Waals surface area contributed by atoms with Crippen molar-refractivity contribution in [2.24, 2.45) is 5.92 Å². The molecule has 2 amide bonds. The zero-order valence-corrected chi connectivity index (χ0v) is 23.1. The molecule has 2 heterocycles. The van der Waals surface area contributed by atoms with Gasteiger partial charge in [-0.15, -0.1) is 0 Å². The Morgan fingerprint density at radius 3 is 2.45 bits per heavy atom. The van der Waals surface area contributed by atoms with Crippen LogP contribution in [0.15, 0.2) is 60.8 Å². The zero-order valence-electron chi connectivity index (χ0n) is 23.1. The molecule has 7 heteroatoms. The van der Waals surface area contributed by atoms with Crippen molar-refractivity contribution >= 4 is 23.3 Å². The number of carbonyl (C=O) groups excluding carboxylic acids is 2. The van der Waals surface area contributed by atoms with Crippen molar-refractivity contribution in [3.8, 4) is 0 Å². The van der Waals surface area contributed by atoms with Gasteiger partial charge in [0.05, 0.1) is 17.5 Å². The number of amides is 2. The van der Waals surface area contributed by atoms with Gasteiger partial charge in [0.25, 0.3) is 5.91 Å². The summed E-state index contributed by atoms with van der Waals surface area (Å²) in [5, 5.41) is 3.10. The van der Waals surface area contributed by atoms with E-state index in [1.54, 1.807) is 30.2 Å². The summed E-state index contributed by atoms with van der Waals surface area (Å²) in [6.07, 6.45) is 2.96. The molecule has 1 aromatic heterocycles. The van der Waals surface area contributed by atoms with Crippen LogP contribution >= 0.6 is 0 Å². The normalized spacial score (nSPS) is 17.7. The molecule has 1 aliphatic heterocycles. The number of piperidine rings is 1. The molecule has 1 aliphatic rings. The van der Waals surface area contributed by atoms with Crippen LogP contribution in [0.1, 0.15) is 66.7 Å². The summed E-state index contributed by atoms with van der Waals surface area (Å²) in [5.41, 5.74) is 3.15. The number of aromatic nitrogens is 1. The van der Waals surface area contributed by atoms with Crippen LogP contribution in [0.2, 0.25) is 0 Å². The number of hydrogen-bond acceptors (Lipinski definition) is 4. The highest BCUT2D eigenvalue weighted by Crippen LogP contribution is 2.39. The minimum atomic E-state index is -0.579. The third-order valence-corrected chi connectivity index (χ3v) is 7.23. The first kappa shape index (κ1) is 27.3. The van der Waals surface area contributed by atoms with Crippen LogP contribution in [-0.2, 0) is 10.2 Å². The van der Waals surface area contributed by atoms with E-state index < -0.39 is 23.7 Å². The molecular weight excluding hydrogens is 479 g/mol. The lowest BCUT2D eigenvalue weighted by Gasteiger charge is -2.41. The summed E-state index contributed by atoms with van der Waals surface area (Å²) in [6, 6.07) is 15.7. The van der Waals surface area contributed by atoms with Crippen LogP contribution < -0.4 is 10.2 Å². The molecule has 1 fully saturated rings. The average molecular weight is 517 g/mol. The van der Waals surface area contributed by atoms with Crippen molar-refractivity contribution in [3.05, 3.63) is 88.9 Å². The van der Waals surface area contributed by atoms with E-state index in [1.807, 2.05) is 55.4 Å². The second kappa shape index (κ2) is 10.9. The zero-order chi connectivity index (χ0) is 27.6. The molecule has 6 nitrogen and oxygen atoms in total. The highest BCUT2D eigenvalue weighted by atomic mass is 19.1. The second-order valence-corrected chi connectivity index (χ2v) is 11.3. The largest absolute Gasteiger partial charge is 0.363 e. The number of rotatable bonds is 5. The Balaban J connectivity index is 1.72. The molecule has 1 unspecified atom stereocenters. The lowest BCUT2D eigenvalue weighted by molar-refractivity contribution is -0.123. The number of hydrogen-bond donors (Lipinski definition) is 1. The van der Waals surface area contributed by atoms with E-state index in [4.69, 9.17) is 0 Å². The molecule has 200 valence electrons. The third-order valence-electron chi connectivity index (χ3n) is 7.23. The van der Waals surface area contributed by atoms with Crippen molar-refractivity contribution in [2.45, 2.75) is 52.0 Å². The first-order chi connectivity index (χ1) is 18.0. The van der Waals surface area contributed by atoms with E-state index in [0.717, 1.165) is 22.6 Å². The van der Waals surface area contributed by atoms with Crippen LogP contribution in [0.25, 0.3) is 0 Å². The van der Waals surface area contributed by atoms with Gasteiger partial charge in [0, 0.05) is 32.5 Å². The monoisotopic (exact) mass is 516 g/mol. The van der Waals surface area contributed by atoms with Crippen molar-refractivity contribution in [1.29, 1.82) is 0 Å². The summed E-state index contributed by atoms with van der Waals surface area (Å²) < 4.78 is 14.9. The molecular formula is C31H37FN4O2. The maximum absolute atomic E-state index is 14.9. The Morgan fingerprint density at radius 2 is 1.82 bits per heavy atom. The maximum atomic E-state index is 14.9. The summed E-state index contributed by atoms with van der Waals surface area (Å²) in [4.78, 5) is 35.7. The van der Waals surface area contributed by atoms with Gasteiger partial charge < -0.3 is 15.1 Å². The topological polar surface area (TPSA) is 65.5 Å². The number of halogens is 1. The Kier molecular flexibility index (Phi) is 7.86. The molecule has 0 aliphatic carbocycles. The molecule has 1 N–H and O–H groups in total. The maximum Gasteiger partial charge on any atom is 0.257 e. The second-order valence-electron chi connectivity index (χ2n) is 11.3. The van der Waals surface area contributed by atoms with Gasteiger partial charge in [-0.2, -0.15) is 0 Å². The fourth-order valence-electron chi connectivity index (χ4n) is 5.09. The predicted molar refractivity (Wildman–Crippen MR) is 150 cm³/mol. The van der Waals surface area contributed by atoms with Crippen LogP contribution in [0.3, 0.4) is 0 Å². The SMILES string of the molecule is Cc1cccc(F)c1C(=O)N1CCCC(C(=O)Nc2cccc(C(C)(C)C)c2)[C@@H]1c1ccc(N(C)C)nc1. The summed E-state index contributed by atoms with van der Waals surface area (Å²) in [7, 11) is 3.81. The van der Waals surface area contributed by atoms with Crippen molar-refractivity contribution in [3.63, 3.8) is 0 Å². The number of aryl methyl sites for hydroxylation is 1. The minimum absolute atomic E-state index is 0.0503. The Bertz CT molecular complexity index is 1290. The minimum Gasteiger partial charge on any atom is -0.363 e. The van der Waals surface area contributed by atoms with Gasteiger partial charge in [0.2, 0.25) is 5.91 Å². The highest BCUT2D eigenvalue weighted by Gasteiger charge is 2.40. The van der Waals surface area contributed by atoms with Crippen LogP contribution in [-0.4, -0.2) is 42.3 Å². The number of anilines is 2. The van der Waals surface area contributed by atoms with Gasteiger partial charge in [0.1, 0.15) is 11.6 Å². The number of likely N-dealkylation sites (tertiary alicyclic amines) is 1. The van der Waals surface area contributed by atoms with E-state index in [1.165, 1.54) is 6.07 Å². The molecule has 0 radical (unpaired) electrons. The van der Waals surface area contributed by atoms with Gasteiger partial charge >= 0.3 is 0 Å². The number of nitrogens with zero attached hydrogens (tertiary/aromatic N) is 3. The fourth-order valence-corrected chi connectivity index (χ4v) is 5.09. The van der Waals surface area contributed by atoms with Crippen LogP contribution in [0.4, 0.5) is 15.9 Å². The van der Waals surface area contributed by atoms with Crippen molar-refractivity contribution in [1.82, 2.24) is 9.88 Å². The summed E-state index contributed by atoms with van der Waals surface area (Å²) in [6.45, 7) is 8.54. The Labute approximate surface area is 224 Å². The number of pyridine rings is 1. The molecule has 0 saturated carbocycles. The first-order valence-electron chi connectivity index (χ1n) is 13.1. The predicted octanol–water partition coefficient (Wildman–Crippen LogP) is 6.12. The molecule has 2 aromatic carbocycles. The first-order valence-corrected chi connectivity index (χ1v) is 13.1. The Morgan fingerprint density at radius 1 is 1.08 bits per heavy atom. The van der Waals surface area contributed by atoms with Gasteiger partial charge in [0.15, 0.2) is 0 Å². The van der Waals surface area contributed by atoms with E-state index in [9.17, 15) is 14.0 Å². The average Bonchev–Trinajstić information content (AvgIpc) is 2.87. The smallest absolute Gasteiger partial charge is 0.257 e. The van der Waals surface area contributed by atoms with Gasteiger partial charge in [-0.05, 0) is 66.1 Å². The lowest BCUT2D eigenvalue weighted by Crippen LogP contribution is -2.46. The molecule has 0 spiro atoms. The lowest BCUT2D eigenvalue weighted by atomic mass is 9.83. The van der Waals surface area contributed by atoms with E-state index in [2.05, 4.69) is 31.1 Å². The third kappa shape index (κ3) is 5.72. The molecule has 4 rings (SSSR count).